The summed E-state index contributed by atoms with van der Waals surface area (Å²) >= 11 is 0. The molecule has 1 aliphatic heterocycles. The van der Waals surface area contributed by atoms with Gasteiger partial charge in [-0.25, -0.2) is 4.79 Å². The third kappa shape index (κ3) is 4.98. The zero-order chi connectivity index (χ0) is 19.9. The van der Waals surface area contributed by atoms with Crippen LogP contribution >= 0.6 is 0 Å². The number of amides is 1. The van der Waals surface area contributed by atoms with E-state index in [9.17, 15) is 9.59 Å². The van der Waals surface area contributed by atoms with Crippen LogP contribution in [0.5, 0.6) is 0 Å². The molecular weight excluding hydrogens is 352 g/mol. The standard InChI is InChI=1S/C23H28N2O3/c1-3-28-23(27)20-12-6-7-13-21(20)24-22(26)19-11-8-14-25(16-19)15-18-10-5-4-9-17(18)2/h4-7,9-10,12-13,19H,3,8,11,14-16H2,1-2H3,(H,24,26). The van der Waals surface area contributed by atoms with E-state index in [0.29, 0.717) is 17.9 Å². The second kappa shape index (κ2) is 9.51. The molecule has 2 aromatic carbocycles. The second-order valence-corrected chi connectivity index (χ2v) is 7.26. The molecule has 0 aromatic heterocycles. The molecule has 1 saturated heterocycles. The number of carbonyl (C=O) groups excluding carboxylic acids is 2. The van der Waals surface area contributed by atoms with Crippen LogP contribution in [0.4, 0.5) is 5.69 Å². The SMILES string of the molecule is CCOC(=O)c1ccccc1NC(=O)C1CCCN(Cc2ccccc2C)C1. The minimum Gasteiger partial charge on any atom is -0.462 e. The Balaban J connectivity index is 1.65. The lowest BCUT2D eigenvalue weighted by Crippen LogP contribution is -2.40. The molecule has 0 saturated carbocycles. The molecule has 1 amide bonds. The molecule has 1 atom stereocenters. The number of ether oxygens (including phenoxy) is 1. The first kappa shape index (κ1) is 20.1. The van der Waals surface area contributed by atoms with Crippen molar-refractivity contribution in [2.45, 2.75) is 33.2 Å². The van der Waals surface area contributed by atoms with Gasteiger partial charge in [-0.15, -0.1) is 0 Å². The van der Waals surface area contributed by atoms with Gasteiger partial charge in [0.15, 0.2) is 0 Å². The van der Waals surface area contributed by atoms with Crippen molar-refractivity contribution in [3.63, 3.8) is 0 Å². The number of nitrogens with zero attached hydrogens (tertiary/aromatic N) is 1. The molecule has 28 heavy (non-hydrogen) atoms. The number of para-hydroxylation sites is 1. The highest BCUT2D eigenvalue weighted by Crippen LogP contribution is 2.23. The van der Waals surface area contributed by atoms with Crippen molar-refractivity contribution in [3.05, 3.63) is 65.2 Å². The quantitative estimate of drug-likeness (QED) is 0.769. The molecule has 1 unspecified atom stereocenters. The van der Waals surface area contributed by atoms with Crippen LogP contribution in [-0.4, -0.2) is 36.5 Å². The average Bonchev–Trinajstić information content (AvgIpc) is 2.70. The van der Waals surface area contributed by atoms with E-state index in [1.807, 2.05) is 12.1 Å². The molecule has 0 radical (unpaired) electrons. The summed E-state index contributed by atoms with van der Waals surface area (Å²) in [5, 5.41) is 2.95. The molecule has 5 heteroatoms. The summed E-state index contributed by atoms with van der Waals surface area (Å²) in [5.41, 5.74) is 3.49. The van der Waals surface area contributed by atoms with Gasteiger partial charge in [-0.05, 0) is 56.5 Å². The molecule has 2 aromatic rings. The van der Waals surface area contributed by atoms with Gasteiger partial charge in [0.1, 0.15) is 0 Å². The number of nitrogens with one attached hydrogen (secondary N) is 1. The molecule has 1 aliphatic rings. The van der Waals surface area contributed by atoms with E-state index in [1.165, 1.54) is 11.1 Å². The van der Waals surface area contributed by atoms with E-state index in [2.05, 4.69) is 35.3 Å². The lowest BCUT2D eigenvalue weighted by atomic mass is 9.96. The van der Waals surface area contributed by atoms with Crippen molar-refractivity contribution in [3.8, 4) is 0 Å². The molecule has 3 rings (SSSR count). The first-order valence-electron chi connectivity index (χ1n) is 9.92. The van der Waals surface area contributed by atoms with Crippen LogP contribution in [0.2, 0.25) is 0 Å². The van der Waals surface area contributed by atoms with Crippen LogP contribution in [0.3, 0.4) is 0 Å². The molecular formula is C23H28N2O3. The van der Waals surface area contributed by atoms with Crippen molar-refractivity contribution in [2.75, 3.05) is 25.0 Å². The maximum absolute atomic E-state index is 12.9. The van der Waals surface area contributed by atoms with Crippen LogP contribution in [0.25, 0.3) is 0 Å². The van der Waals surface area contributed by atoms with Gasteiger partial charge >= 0.3 is 5.97 Å². The van der Waals surface area contributed by atoms with Crippen LogP contribution in [0.15, 0.2) is 48.5 Å². The highest BCUT2D eigenvalue weighted by atomic mass is 16.5. The van der Waals surface area contributed by atoms with Crippen LogP contribution in [0, 0.1) is 12.8 Å². The summed E-state index contributed by atoms with van der Waals surface area (Å²) in [6.07, 6.45) is 1.85. The van der Waals surface area contributed by atoms with Gasteiger partial charge in [0.05, 0.1) is 23.8 Å². The van der Waals surface area contributed by atoms with E-state index < -0.39 is 5.97 Å². The highest BCUT2D eigenvalue weighted by Gasteiger charge is 2.27. The lowest BCUT2D eigenvalue weighted by Gasteiger charge is -2.32. The summed E-state index contributed by atoms with van der Waals surface area (Å²) in [6.45, 7) is 6.77. The first-order chi connectivity index (χ1) is 13.6. The Kier molecular flexibility index (Phi) is 6.82. The van der Waals surface area contributed by atoms with Crippen molar-refractivity contribution in [1.82, 2.24) is 4.90 Å². The molecule has 5 nitrogen and oxygen atoms in total. The number of anilines is 1. The van der Waals surface area contributed by atoms with Crippen molar-refractivity contribution in [2.24, 2.45) is 5.92 Å². The van der Waals surface area contributed by atoms with Gasteiger partial charge in [-0.3, -0.25) is 9.69 Å². The van der Waals surface area contributed by atoms with Gasteiger partial charge < -0.3 is 10.1 Å². The normalized spacial score (nSPS) is 17.1. The summed E-state index contributed by atoms with van der Waals surface area (Å²) in [6, 6.07) is 15.4. The van der Waals surface area contributed by atoms with Crippen molar-refractivity contribution >= 4 is 17.6 Å². The maximum Gasteiger partial charge on any atom is 0.340 e. The summed E-state index contributed by atoms with van der Waals surface area (Å²) in [5.74, 6) is -0.539. The minimum atomic E-state index is -0.414. The van der Waals surface area contributed by atoms with Gasteiger partial charge in [-0.1, -0.05) is 36.4 Å². The Bertz CT molecular complexity index is 834. The van der Waals surface area contributed by atoms with Crippen LogP contribution in [0.1, 0.15) is 41.3 Å². The minimum absolute atomic E-state index is 0.0359. The van der Waals surface area contributed by atoms with Gasteiger partial charge in [0, 0.05) is 13.1 Å². The smallest absolute Gasteiger partial charge is 0.340 e. The van der Waals surface area contributed by atoms with E-state index in [-0.39, 0.29) is 11.8 Å². The second-order valence-electron chi connectivity index (χ2n) is 7.26. The third-order valence-electron chi connectivity index (χ3n) is 5.21. The molecule has 0 aliphatic carbocycles. The number of hydrogen-bond donors (Lipinski definition) is 1. The Labute approximate surface area is 166 Å². The van der Waals surface area contributed by atoms with Crippen LogP contribution < -0.4 is 5.32 Å². The van der Waals surface area contributed by atoms with Gasteiger partial charge in [0.2, 0.25) is 5.91 Å². The van der Waals surface area contributed by atoms with Gasteiger partial charge in [0.25, 0.3) is 0 Å². The summed E-state index contributed by atoms with van der Waals surface area (Å²) < 4.78 is 5.09. The molecule has 0 spiro atoms. The fourth-order valence-corrected chi connectivity index (χ4v) is 3.66. The number of esters is 1. The van der Waals surface area contributed by atoms with Crippen LogP contribution in [-0.2, 0) is 16.1 Å². The third-order valence-corrected chi connectivity index (χ3v) is 5.21. The number of likely N-dealkylation sites (tertiary alicyclic amines) is 1. The van der Waals surface area contributed by atoms with Crippen molar-refractivity contribution in [1.29, 1.82) is 0 Å². The predicted molar refractivity (Wildman–Crippen MR) is 110 cm³/mol. The monoisotopic (exact) mass is 380 g/mol. The first-order valence-corrected chi connectivity index (χ1v) is 9.92. The highest BCUT2D eigenvalue weighted by molar-refractivity contribution is 6.01. The van der Waals surface area contributed by atoms with E-state index in [0.717, 1.165) is 32.5 Å². The Morgan fingerprint density at radius 2 is 1.89 bits per heavy atom. The largest absolute Gasteiger partial charge is 0.462 e. The number of carbonyl (C=O) groups is 2. The molecule has 0 bridgehead atoms. The van der Waals surface area contributed by atoms with E-state index in [4.69, 9.17) is 4.74 Å². The number of hydrogen-bond acceptors (Lipinski definition) is 4. The number of rotatable bonds is 6. The number of aryl methyl sites for hydroxylation is 1. The fourth-order valence-electron chi connectivity index (χ4n) is 3.66. The Morgan fingerprint density at radius 3 is 2.68 bits per heavy atom. The predicted octanol–water partition coefficient (Wildman–Crippen LogP) is 4.02. The zero-order valence-corrected chi connectivity index (χ0v) is 16.6. The molecule has 148 valence electrons. The molecule has 1 fully saturated rings. The fraction of sp³-hybridized carbons (Fsp3) is 0.391. The maximum atomic E-state index is 12.9. The molecule has 1 heterocycles. The van der Waals surface area contributed by atoms with E-state index >= 15 is 0 Å². The lowest BCUT2D eigenvalue weighted by molar-refractivity contribution is -0.121. The molecule has 1 N–H and O–H groups in total. The summed E-state index contributed by atoms with van der Waals surface area (Å²) in [7, 11) is 0. The number of piperidine rings is 1. The zero-order valence-electron chi connectivity index (χ0n) is 16.6. The van der Waals surface area contributed by atoms with E-state index in [1.54, 1.807) is 25.1 Å². The summed E-state index contributed by atoms with van der Waals surface area (Å²) in [4.78, 5) is 27.3. The Morgan fingerprint density at radius 1 is 1.14 bits per heavy atom. The van der Waals surface area contributed by atoms with Gasteiger partial charge in [-0.2, -0.15) is 0 Å². The van der Waals surface area contributed by atoms with Crippen molar-refractivity contribution < 1.29 is 14.3 Å². The number of benzene rings is 2. The average molecular weight is 380 g/mol. The Hall–Kier alpha value is -2.66. The topological polar surface area (TPSA) is 58.6 Å².